The van der Waals surface area contributed by atoms with E-state index in [0.29, 0.717) is 30.5 Å². The first-order valence-electron chi connectivity index (χ1n) is 9.74. The molecule has 1 amide bonds. The smallest absolute Gasteiger partial charge is 0.260 e. The highest BCUT2D eigenvalue weighted by molar-refractivity contribution is 7.22. The van der Waals surface area contributed by atoms with E-state index in [9.17, 15) is 4.79 Å². The predicted octanol–water partition coefficient (Wildman–Crippen LogP) is 4.30. The molecule has 154 valence electrons. The van der Waals surface area contributed by atoms with Crippen molar-refractivity contribution in [1.29, 1.82) is 0 Å². The van der Waals surface area contributed by atoms with Crippen LogP contribution >= 0.6 is 11.3 Å². The molecule has 0 bridgehead atoms. The largest absolute Gasteiger partial charge is 0.494 e. The van der Waals surface area contributed by atoms with Crippen LogP contribution in [0.2, 0.25) is 0 Å². The summed E-state index contributed by atoms with van der Waals surface area (Å²) in [6, 6.07) is 13.1. The molecule has 0 aliphatic rings. The lowest BCUT2D eigenvalue weighted by Gasteiger charge is -2.22. The van der Waals surface area contributed by atoms with Gasteiger partial charge in [0, 0.05) is 18.7 Å². The van der Waals surface area contributed by atoms with Crippen LogP contribution in [0, 0.1) is 0 Å². The van der Waals surface area contributed by atoms with Crippen LogP contribution in [-0.4, -0.2) is 56.2 Å². The van der Waals surface area contributed by atoms with Gasteiger partial charge in [0.1, 0.15) is 11.5 Å². The Balaban J connectivity index is 1.91. The van der Waals surface area contributed by atoms with Gasteiger partial charge in [0.25, 0.3) is 5.91 Å². The van der Waals surface area contributed by atoms with Crippen LogP contribution in [0.3, 0.4) is 0 Å². The fourth-order valence-corrected chi connectivity index (χ4v) is 3.88. The first-order valence-corrected chi connectivity index (χ1v) is 10.6. The molecule has 0 radical (unpaired) electrons. The minimum atomic E-state index is -0.0704. The van der Waals surface area contributed by atoms with Gasteiger partial charge in [0.15, 0.2) is 5.13 Å². The van der Waals surface area contributed by atoms with Gasteiger partial charge in [-0.2, -0.15) is 0 Å². The molecular weight excluding hydrogens is 386 g/mol. The number of anilines is 1. The summed E-state index contributed by atoms with van der Waals surface area (Å²) in [4.78, 5) is 21.8. The first-order chi connectivity index (χ1) is 14.0. The highest BCUT2D eigenvalue weighted by Crippen LogP contribution is 2.32. The Bertz CT molecular complexity index is 954. The van der Waals surface area contributed by atoms with E-state index in [0.717, 1.165) is 28.3 Å². The van der Waals surface area contributed by atoms with Gasteiger partial charge in [0.2, 0.25) is 0 Å². The molecule has 3 aromatic rings. The quantitative estimate of drug-likeness (QED) is 0.523. The zero-order valence-corrected chi connectivity index (χ0v) is 18.2. The van der Waals surface area contributed by atoms with E-state index < -0.39 is 0 Å². The minimum absolute atomic E-state index is 0.0704. The summed E-state index contributed by atoms with van der Waals surface area (Å²) >= 11 is 1.50. The molecule has 3 rings (SSSR count). The van der Waals surface area contributed by atoms with Crippen molar-refractivity contribution in [2.45, 2.75) is 13.8 Å². The van der Waals surface area contributed by atoms with E-state index in [4.69, 9.17) is 14.5 Å². The maximum absolute atomic E-state index is 13.3. The molecule has 1 aromatic heterocycles. The van der Waals surface area contributed by atoms with Crippen molar-refractivity contribution in [3.8, 4) is 11.5 Å². The standard InChI is InChI=1S/C22H27N3O3S/c1-5-27-17-9-7-16(8-10-17)21(26)25(14-13-24(3)4)22-23-19-12-11-18(28-6-2)15-20(19)29-22/h7-12,15H,5-6,13-14H2,1-4H3. The van der Waals surface area contributed by atoms with Gasteiger partial charge in [-0.15, -0.1) is 0 Å². The lowest BCUT2D eigenvalue weighted by atomic mass is 10.2. The number of benzene rings is 2. The molecule has 0 fully saturated rings. The highest BCUT2D eigenvalue weighted by Gasteiger charge is 2.21. The molecule has 29 heavy (non-hydrogen) atoms. The van der Waals surface area contributed by atoms with Gasteiger partial charge in [-0.05, 0) is 70.4 Å². The monoisotopic (exact) mass is 413 g/mol. The third kappa shape index (κ3) is 5.25. The molecule has 0 aliphatic heterocycles. The van der Waals surface area contributed by atoms with Gasteiger partial charge in [-0.3, -0.25) is 9.69 Å². The third-order valence-corrected chi connectivity index (χ3v) is 5.36. The van der Waals surface area contributed by atoms with Crippen molar-refractivity contribution in [2.24, 2.45) is 0 Å². The maximum Gasteiger partial charge on any atom is 0.260 e. The summed E-state index contributed by atoms with van der Waals surface area (Å²) in [6.45, 7) is 6.40. The van der Waals surface area contributed by atoms with Gasteiger partial charge in [-0.25, -0.2) is 4.98 Å². The summed E-state index contributed by atoms with van der Waals surface area (Å²) in [7, 11) is 3.98. The molecular formula is C22H27N3O3S. The molecule has 6 nitrogen and oxygen atoms in total. The van der Waals surface area contributed by atoms with Crippen molar-refractivity contribution in [1.82, 2.24) is 9.88 Å². The molecule has 1 heterocycles. The molecule has 0 saturated heterocycles. The Kier molecular flexibility index (Phi) is 7.06. The van der Waals surface area contributed by atoms with Crippen LogP contribution < -0.4 is 14.4 Å². The molecule has 0 unspecified atom stereocenters. The fraction of sp³-hybridized carbons (Fsp3) is 0.364. The number of nitrogens with zero attached hydrogens (tertiary/aromatic N) is 3. The topological polar surface area (TPSA) is 54.9 Å². The number of rotatable bonds is 9. The average molecular weight is 414 g/mol. The summed E-state index contributed by atoms with van der Waals surface area (Å²) in [5, 5.41) is 0.689. The van der Waals surface area contributed by atoms with Crippen molar-refractivity contribution < 1.29 is 14.3 Å². The Hall–Kier alpha value is -2.64. The normalized spacial score (nSPS) is 11.1. The maximum atomic E-state index is 13.3. The van der Waals surface area contributed by atoms with Crippen molar-refractivity contribution in [3.05, 3.63) is 48.0 Å². The number of aromatic nitrogens is 1. The lowest BCUT2D eigenvalue weighted by Crippen LogP contribution is -2.36. The molecule has 2 aromatic carbocycles. The Morgan fingerprint density at radius 1 is 0.966 bits per heavy atom. The van der Waals surface area contributed by atoms with E-state index in [2.05, 4.69) is 4.90 Å². The van der Waals surface area contributed by atoms with Gasteiger partial charge >= 0.3 is 0 Å². The van der Waals surface area contributed by atoms with Crippen LogP contribution in [-0.2, 0) is 0 Å². The molecule has 7 heteroatoms. The number of amides is 1. The molecule has 0 aliphatic carbocycles. The number of carbonyl (C=O) groups is 1. The average Bonchev–Trinajstić information content (AvgIpc) is 3.12. The summed E-state index contributed by atoms with van der Waals surface area (Å²) in [5.74, 6) is 1.50. The Morgan fingerprint density at radius 2 is 1.62 bits per heavy atom. The summed E-state index contributed by atoms with van der Waals surface area (Å²) < 4.78 is 12.1. The van der Waals surface area contributed by atoms with E-state index in [-0.39, 0.29) is 5.91 Å². The van der Waals surface area contributed by atoms with Gasteiger partial charge in [0.05, 0.1) is 23.4 Å². The summed E-state index contributed by atoms with van der Waals surface area (Å²) in [5.41, 5.74) is 1.48. The second kappa shape index (κ2) is 9.71. The van der Waals surface area contributed by atoms with Crippen LogP contribution in [0.15, 0.2) is 42.5 Å². The Labute approximate surface area is 175 Å². The van der Waals surface area contributed by atoms with E-state index in [1.54, 1.807) is 17.0 Å². The van der Waals surface area contributed by atoms with Crippen molar-refractivity contribution in [2.75, 3.05) is 45.3 Å². The SMILES string of the molecule is CCOc1ccc(C(=O)N(CCN(C)C)c2nc3ccc(OCC)cc3s2)cc1. The third-order valence-electron chi connectivity index (χ3n) is 4.32. The van der Waals surface area contributed by atoms with Crippen LogP contribution in [0.4, 0.5) is 5.13 Å². The zero-order valence-electron chi connectivity index (χ0n) is 17.3. The number of fused-ring (bicyclic) bond motifs is 1. The van der Waals surface area contributed by atoms with Gasteiger partial charge < -0.3 is 14.4 Å². The number of ether oxygens (including phenoxy) is 2. The van der Waals surface area contributed by atoms with Gasteiger partial charge in [-0.1, -0.05) is 11.3 Å². The molecule has 0 atom stereocenters. The van der Waals surface area contributed by atoms with Crippen LogP contribution in [0.1, 0.15) is 24.2 Å². The van der Waals surface area contributed by atoms with Crippen molar-refractivity contribution in [3.63, 3.8) is 0 Å². The van der Waals surface area contributed by atoms with Crippen molar-refractivity contribution >= 4 is 32.6 Å². The van der Waals surface area contributed by atoms with E-state index in [1.807, 2.05) is 58.3 Å². The first kappa shape index (κ1) is 21.1. The Morgan fingerprint density at radius 3 is 2.28 bits per heavy atom. The minimum Gasteiger partial charge on any atom is -0.494 e. The fourth-order valence-electron chi connectivity index (χ4n) is 2.86. The molecule has 0 saturated carbocycles. The number of likely N-dealkylation sites (N-methyl/N-ethyl adjacent to an activating group) is 1. The number of hydrogen-bond donors (Lipinski definition) is 0. The predicted molar refractivity (Wildman–Crippen MR) is 119 cm³/mol. The lowest BCUT2D eigenvalue weighted by molar-refractivity contribution is 0.0985. The second-order valence-electron chi connectivity index (χ2n) is 6.78. The number of thiazole rings is 1. The number of hydrogen-bond acceptors (Lipinski definition) is 6. The number of carbonyl (C=O) groups excluding carboxylic acids is 1. The zero-order chi connectivity index (χ0) is 20.8. The van der Waals surface area contributed by atoms with E-state index in [1.165, 1.54) is 11.3 Å². The second-order valence-corrected chi connectivity index (χ2v) is 7.79. The highest BCUT2D eigenvalue weighted by atomic mass is 32.1. The van der Waals surface area contributed by atoms with E-state index >= 15 is 0 Å². The molecule has 0 N–H and O–H groups in total. The summed E-state index contributed by atoms with van der Waals surface area (Å²) in [6.07, 6.45) is 0. The molecule has 0 spiro atoms. The van der Waals surface area contributed by atoms with Crippen LogP contribution in [0.25, 0.3) is 10.2 Å². The van der Waals surface area contributed by atoms with Crippen LogP contribution in [0.5, 0.6) is 11.5 Å².